The topological polar surface area (TPSA) is 50.3 Å². The molecular weight excluding hydrogens is 296 g/mol. The molecule has 2 aromatic rings. The molecule has 1 aliphatic heterocycles. The lowest BCUT2D eigenvalue weighted by atomic mass is 10.1. The number of aromatic nitrogens is 1. The van der Waals surface area contributed by atoms with Gasteiger partial charge in [0.2, 0.25) is 10.0 Å². The Morgan fingerprint density at radius 1 is 1.09 bits per heavy atom. The summed E-state index contributed by atoms with van der Waals surface area (Å²) in [6.45, 7) is 4.50. The predicted octanol–water partition coefficient (Wildman–Crippen LogP) is 3.22. The highest BCUT2D eigenvalue weighted by atomic mass is 32.2. The monoisotopic (exact) mass is 316 g/mol. The minimum absolute atomic E-state index is 0.161. The van der Waals surface area contributed by atoms with Crippen molar-refractivity contribution in [3.8, 4) is 0 Å². The molecule has 1 unspecified atom stereocenters. The third kappa shape index (κ3) is 2.78. The summed E-state index contributed by atoms with van der Waals surface area (Å²) in [7, 11) is -3.47. The van der Waals surface area contributed by atoms with E-state index >= 15 is 0 Å². The van der Waals surface area contributed by atoms with Crippen molar-refractivity contribution in [1.29, 1.82) is 0 Å². The quantitative estimate of drug-likeness (QED) is 0.873. The Morgan fingerprint density at radius 2 is 1.82 bits per heavy atom. The van der Waals surface area contributed by atoms with Gasteiger partial charge in [0, 0.05) is 12.7 Å². The van der Waals surface area contributed by atoms with Crippen molar-refractivity contribution in [3.63, 3.8) is 0 Å². The summed E-state index contributed by atoms with van der Waals surface area (Å²) < 4.78 is 27.4. The normalized spacial score (nSPS) is 19.5. The van der Waals surface area contributed by atoms with Crippen LogP contribution in [0.4, 0.5) is 0 Å². The molecule has 0 bridgehead atoms. The second-order valence-electron chi connectivity index (χ2n) is 5.84. The Hall–Kier alpha value is -1.72. The maximum absolute atomic E-state index is 12.9. The van der Waals surface area contributed by atoms with Crippen molar-refractivity contribution < 1.29 is 8.42 Å². The molecular formula is C17H20N2O2S. The van der Waals surface area contributed by atoms with Crippen molar-refractivity contribution in [2.24, 2.45) is 0 Å². The number of hydrogen-bond donors (Lipinski definition) is 0. The van der Waals surface area contributed by atoms with Crippen molar-refractivity contribution in [2.45, 2.75) is 37.6 Å². The van der Waals surface area contributed by atoms with Crippen molar-refractivity contribution >= 4 is 10.0 Å². The van der Waals surface area contributed by atoms with Crippen LogP contribution in [0.15, 0.2) is 47.5 Å². The van der Waals surface area contributed by atoms with Gasteiger partial charge in [-0.25, -0.2) is 8.42 Å². The summed E-state index contributed by atoms with van der Waals surface area (Å²) in [6, 6.07) is 10.8. The molecule has 0 aliphatic carbocycles. The molecule has 0 spiro atoms. The first-order chi connectivity index (χ1) is 10.5. The molecule has 0 radical (unpaired) electrons. The molecule has 116 valence electrons. The summed E-state index contributed by atoms with van der Waals surface area (Å²) in [5.74, 6) is 0. The van der Waals surface area contributed by atoms with E-state index in [4.69, 9.17) is 0 Å². The maximum Gasteiger partial charge on any atom is 0.243 e. The highest BCUT2D eigenvalue weighted by molar-refractivity contribution is 7.89. The van der Waals surface area contributed by atoms with Crippen molar-refractivity contribution in [3.05, 3.63) is 59.4 Å². The molecule has 1 aromatic carbocycles. The fraction of sp³-hybridized carbons (Fsp3) is 0.353. The van der Waals surface area contributed by atoms with Gasteiger partial charge >= 0.3 is 0 Å². The molecule has 1 saturated heterocycles. The van der Waals surface area contributed by atoms with Crippen LogP contribution in [0.3, 0.4) is 0 Å². The third-order valence-electron chi connectivity index (χ3n) is 4.11. The van der Waals surface area contributed by atoms with Crippen LogP contribution in [0.25, 0.3) is 0 Å². The summed E-state index contributed by atoms with van der Waals surface area (Å²) in [6.07, 6.45) is 3.44. The van der Waals surface area contributed by atoms with Gasteiger partial charge in [-0.2, -0.15) is 4.31 Å². The SMILES string of the molecule is Cc1ccc(S(=O)(=O)N2CCCC2c2cc(C)ccn2)cc1. The van der Waals surface area contributed by atoms with E-state index in [9.17, 15) is 8.42 Å². The third-order valence-corrected chi connectivity index (χ3v) is 6.03. The standard InChI is InChI=1S/C17H20N2O2S/c1-13-5-7-15(8-6-13)22(20,21)19-11-3-4-17(19)16-12-14(2)9-10-18-16/h5-10,12,17H,3-4,11H2,1-2H3. The highest BCUT2D eigenvalue weighted by Crippen LogP contribution is 2.35. The van der Waals surface area contributed by atoms with E-state index in [0.29, 0.717) is 11.4 Å². The van der Waals surface area contributed by atoms with Gasteiger partial charge in [-0.05, 0) is 56.5 Å². The number of pyridine rings is 1. The molecule has 22 heavy (non-hydrogen) atoms. The highest BCUT2D eigenvalue weighted by Gasteiger charge is 2.36. The molecule has 0 amide bonds. The van der Waals surface area contributed by atoms with Gasteiger partial charge in [0.25, 0.3) is 0 Å². The summed E-state index contributed by atoms with van der Waals surface area (Å²) in [5, 5.41) is 0. The molecule has 1 aromatic heterocycles. The van der Waals surface area contributed by atoms with E-state index in [1.165, 1.54) is 0 Å². The van der Waals surface area contributed by atoms with Gasteiger partial charge in [-0.3, -0.25) is 4.98 Å². The van der Waals surface area contributed by atoms with Crippen LogP contribution < -0.4 is 0 Å². The Balaban J connectivity index is 1.97. The number of aryl methyl sites for hydroxylation is 2. The van der Waals surface area contributed by atoms with Gasteiger partial charge in [0.05, 0.1) is 16.6 Å². The van der Waals surface area contributed by atoms with Crippen LogP contribution in [0, 0.1) is 13.8 Å². The van der Waals surface area contributed by atoms with E-state index in [0.717, 1.165) is 29.7 Å². The Labute approximate surface area is 131 Å². The predicted molar refractivity (Wildman–Crippen MR) is 86.0 cm³/mol. The zero-order valence-corrected chi connectivity index (χ0v) is 13.7. The Bertz CT molecular complexity index is 770. The van der Waals surface area contributed by atoms with Crippen LogP contribution in [0.2, 0.25) is 0 Å². The fourth-order valence-corrected chi connectivity index (χ4v) is 4.58. The Kier molecular flexibility index (Phi) is 4.02. The van der Waals surface area contributed by atoms with E-state index in [2.05, 4.69) is 4.98 Å². The minimum Gasteiger partial charge on any atom is -0.260 e. The molecule has 1 atom stereocenters. The molecule has 1 fully saturated rings. The fourth-order valence-electron chi connectivity index (χ4n) is 2.91. The van der Waals surface area contributed by atoms with Gasteiger partial charge in [0.15, 0.2) is 0 Å². The van der Waals surface area contributed by atoms with Gasteiger partial charge in [-0.1, -0.05) is 17.7 Å². The number of rotatable bonds is 3. The maximum atomic E-state index is 12.9. The van der Waals surface area contributed by atoms with Gasteiger partial charge in [-0.15, -0.1) is 0 Å². The second-order valence-corrected chi connectivity index (χ2v) is 7.74. The molecule has 5 heteroatoms. The molecule has 0 saturated carbocycles. The molecule has 1 aliphatic rings. The first-order valence-corrected chi connectivity index (χ1v) is 8.93. The van der Waals surface area contributed by atoms with Crippen LogP contribution in [-0.2, 0) is 10.0 Å². The van der Waals surface area contributed by atoms with Crippen LogP contribution >= 0.6 is 0 Å². The number of nitrogens with zero attached hydrogens (tertiary/aromatic N) is 2. The van der Waals surface area contributed by atoms with Gasteiger partial charge in [0.1, 0.15) is 0 Å². The van der Waals surface area contributed by atoms with E-state index in [1.807, 2.05) is 38.1 Å². The lowest BCUT2D eigenvalue weighted by molar-refractivity contribution is 0.390. The Morgan fingerprint density at radius 3 is 2.50 bits per heavy atom. The number of sulfonamides is 1. The van der Waals surface area contributed by atoms with Crippen LogP contribution in [0.1, 0.15) is 35.7 Å². The zero-order chi connectivity index (χ0) is 15.7. The summed E-state index contributed by atoms with van der Waals surface area (Å²) in [5.41, 5.74) is 3.00. The van der Waals surface area contributed by atoms with E-state index in [-0.39, 0.29) is 6.04 Å². The van der Waals surface area contributed by atoms with Crippen molar-refractivity contribution in [2.75, 3.05) is 6.54 Å². The lowest BCUT2D eigenvalue weighted by Gasteiger charge is -2.24. The molecule has 0 N–H and O–H groups in total. The molecule has 4 nitrogen and oxygen atoms in total. The largest absolute Gasteiger partial charge is 0.260 e. The smallest absolute Gasteiger partial charge is 0.243 e. The van der Waals surface area contributed by atoms with Crippen LogP contribution in [0.5, 0.6) is 0 Å². The molecule has 3 rings (SSSR count). The zero-order valence-electron chi connectivity index (χ0n) is 12.9. The van der Waals surface area contributed by atoms with E-state index in [1.54, 1.807) is 22.6 Å². The minimum atomic E-state index is -3.47. The van der Waals surface area contributed by atoms with Crippen molar-refractivity contribution in [1.82, 2.24) is 9.29 Å². The summed E-state index contributed by atoms with van der Waals surface area (Å²) >= 11 is 0. The van der Waals surface area contributed by atoms with E-state index < -0.39 is 10.0 Å². The first kappa shape index (κ1) is 15.2. The number of benzene rings is 1. The lowest BCUT2D eigenvalue weighted by Crippen LogP contribution is -2.31. The first-order valence-electron chi connectivity index (χ1n) is 7.49. The number of hydrogen-bond acceptors (Lipinski definition) is 3. The summed E-state index contributed by atoms with van der Waals surface area (Å²) in [4.78, 5) is 4.75. The molecule has 2 heterocycles. The average molecular weight is 316 g/mol. The van der Waals surface area contributed by atoms with Gasteiger partial charge < -0.3 is 0 Å². The van der Waals surface area contributed by atoms with Crippen LogP contribution in [-0.4, -0.2) is 24.3 Å². The average Bonchev–Trinajstić information content (AvgIpc) is 2.98. The second kappa shape index (κ2) is 5.82.